The first-order chi connectivity index (χ1) is 9.89. The van der Waals surface area contributed by atoms with Gasteiger partial charge in [0.05, 0.1) is 12.2 Å². The zero-order valence-electron chi connectivity index (χ0n) is 14.3. The zero-order chi connectivity index (χ0) is 15.5. The third-order valence-electron chi connectivity index (χ3n) is 4.51. The van der Waals surface area contributed by atoms with Gasteiger partial charge in [0.15, 0.2) is 0 Å². The van der Waals surface area contributed by atoms with Gasteiger partial charge < -0.3 is 10.1 Å². The van der Waals surface area contributed by atoms with Crippen molar-refractivity contribution in [2.45, 2.75) is 59.2 Å². The van der Waals surface area contributed by atoms with Crippen molar-refractivity contribution >= 4 is 0 Å². The minimum absolute atomic E-state index is 0.154. The fourth-order valence-electron chi connectivity index (χ4n) is 3.89. The monoisotopic (exact) mass is 289 g/mol. The topological polar surface area (TPSA) is 21.3 Å². The molecule has 1 aromatic carbocycles. The molecule has 118 valence electrons. The third-order valence-corrected chi connectivity index (χ3v) is 4.51. The number of hydrogen-bond acceptors (Lipinski definition) is 2. The maximum atomic E-state index is 6.52. The van der Waals surface area contributed by atoms with Gasteiger partial charge in [0.1, 0.15) is 0 Å². The molecular formula is C19H31NO. The van der Waals surface area contributed by atoms with Gasteiger partial charge in [-0.25, -0.2) is 0 Å². The molecule has 0 heterocycles. The highest BCUT2D eigenvalue weighted by atomic mass is 16.5. The van der Waals surface area contributed by atoms with Gasteiger partial charge in [0.2, 0.25) is 0 Å². The van der Waals surface area contributed by atoms with Crippen LogP contribution in [0.2, 0.25) is 0 Å². The lowest BCUT2D eigenvalue weighted by molar-refractivity contribution is -0.0656. The largest absolute Gasteiger partial charge is 0.369 e. The molecule has 0 radical (unpaired) electrons. The van der Waals surface area contributed by atoms with Crippen LogP contribution in [0, 0.1) is 18.3 Å². The Bertz CT molecular complexity index is 455. The van der Waals surface area contributed by atoms with E-state index in [9.17, 15) is 0 Å². The second-order valence-electron chi connectivity index (χ2n) is 7.63. The Balaban J connectivity index is 2.09. The van der Waals surface area contributed by atoms with E-state index in [0.29, 0.717) is 11.5 Å². The summed E-state index contributed by atoms with van der Waals surface area (Å²) in [5, 5.41) is 3.28. The zero-order valence-corrected chi connectivity index (χ0v) is 14.3. The van der Waals surface area contributed by atoms with Gasteiger partial charge in [-0.1, -0.05) is 50.6 Å². The van der Waals surface area contributed by atoms with Crippen molar-refractivity contribution in [1.29, 1.82) is 0 Å². The van der Waals surface area contributed by atoms with Crippen molar-refractivity contribution < 1.29 is 4.74 Å². The summed E-state index contributed by atoms with van der Waals surface area (Å²) >= 11 is 0. The molecular weight excluding hydrogens is 258 g/mol. The van der Waals surface area contributed by atoms with Crippen LogP contribution in [0.15, 0.2) is 24.3 Å². The van der Waals surface area contributed by atoms with Gasteiger partial charge in [-0.15, -0.1) is 0 Å². The summed E-state index contributed by atoms with van der Waals surface area (Å²) in [6.45, 7) is 10.1. The Labute approximate surface area is 130 Å². The van der Waals surface area contributed by atoms with Crippen molar-refractivity contribution in [2.24, 2.45) is 11.3 Å². The molecule has 0 spiro atoms. The SMILES string of the molecule is CNCC(OC1CC(C)CC(C)(C)C1)c1cccc(C)c1. The van der Waals surface area contributed by atoms with Crippen molar-refractivity contribution in [2.75, 3.05) is 13.6 Å². The van der Waals surface area contributed by atoms with Crippen LogP contribution in [0.4, 0.5) is 0 Å². The van der Waals surface area contributed by atoms with E-state index in [2.05, 4.69) is 57.3 Å². The molecule has 2 nitrogen and oxygen atoms in total. The number of benzene rings is 1. The van der Waals surface area contributed by atoms with Gasteiger partial charge in [-0.05, 0) is 50.1 Å². The second kappa shape index (κ2) is 6.93. The average Bonchev–Trinajstić information content (AvgIpc) is 2.35. The molecule has 0 aliphatic heterocycles. The molecule has 0 aromatic heterocycles. The van der Waals surface area contributed by atoms with Crippen LogP contribution in [0.5, 0.6) is 0 Å². The predicted molar refractivity (Wildman–Crippen MR) is 89.5 cm³/mol. The van der Waals surface area contributed by atoms with E-state index in [0.717, 1.165) is 12.5 Å². The first-order valence-corrected chi connectivity index (χ1v) is 8.26. The lowest BCUT2D eigenvalue weighted by atomic mass is 9.71. The number of nitrogens with one attached hydrogen (secondary N) is 1. The number of likely N-dealkylation sites (N-methyl/N-ethyl adjacent to an activating group) is 1. The van der Waals surface area contributed by atoms with Gasteiger partial charge in [-0.3, -0.25) is 0 Å². The normalized spacial score (nSPS) is 26.5. The number of ether oxygens (including phenoxy) is 1. The van der Waals surface area contributed by atoms with E-state index >= 15 is 0 Å². The molecule has 1 fully saturated rings. The molecule has 1 N–H and O–H groups in total. The van der Waals surface area contributed by atoms with E-state index in [1.165, 1.54) is 30.4 Å². The van der Waals surface area contributed by atoms with Crippen molar-refractivity contribution in [3.05, 3.63) is 35.4 Å². The number of rotatable bonds is 5. The van der Waals surface area contributed by atoms with E-state index in [1.807, 2.05) is 7.05 Å². The number of hydrogen-bond donors (Lipinski definition) is 1. The molecule has 0 saturated heterocycles. The Morgan fingerprint density at radius 1 is 1.33 bits per heavy atom. The Morgan fingerprint density at radius 3 is 2.71 bits per heavy atom. The summed E-state index contributed by atoms with van der Waals surface area (Å²) in [5.74, 6) is 0.756. The maximum absolute atomic E-state index is 6.52. The standard InChI is InChI=1S/C19H31NO/c1-14-7-6-8-16(9-14)18(13-20-5)21-17-10-15(2)11-19(3,4)12-17/h6-9,15,17-18,20H,10-13H2,1-5H3. The third kappa shape index (κ3) is 4.82. The summed E-state index contributed by atoms with van der Waals surface area (Å²) in [4.78, 5) is 0. The molecule has 3 unspecified atom stereocenters. The molecule has 2 rings (SSSR count). The van der Waals surface area contributed by atoms with Gasteiger partial charge in [0, 0.05) is 6.54 Å². The van der Waals surface area contributed by atoms with E-state index in [-0.39, 0.29) is 6.10 Å². The fourth-order valence-corrected chi connectivity index (χ4v) is 3.89. The molecule has 0 bridgehead atoms. The second-order valence-corrected chi connectivity index (χ2v) is 7.63. The number of aryl methyl sites for hydroxylation is 1. The molecule has 1 aliphatic carbocycles. The van der Waals surface area contributed by atoms with Crippen LogP contribution >= 0.6 is 0 Å². The van der Waals surface area contributed by atoms with Crippen LogP contribution in [-0.2, 0) is 4.74 Å². The average molecular weight is 289 g/mol. The van der Waals surface area contributed by atoms with E-state index in [1.54, 1.807) is 0 Å². The van der Waals surface area contributed by atoms with Gasteiger partial charge in [0.25, 0.3) is 0 Å². The van der Waals surface area contributed by atoms with E-state index < -0.39 is 0 Å². The summed E-state index contributed by atoms with van der Waals surface area (Å²) in [6, 6.07) is 8.71. The molecule has 1 aliphatic rings. The molecule has 1 saturated carbocycles. The van der Waals surface area contributed by atoms with Gasteiger partial charge >= 0.3 is 0 Å². The molecule has 0 amide bonds. The predicted octanol–water partition coefficient (Wildman–Crippen LogP) is 4.49. The van der Waals surface area contributed by atoms with Crippen LogP contribution in [-0.4, -0.2) is 19.7 Å². The molecule has 21 heavy (non-hydrogen) atoms. The fraction of sp³-hybridized carbons (Fsp3) is 0.684. The van der Waals surface area contributed by atoms with Crippen LogP contribution in [0.25, 0.3) is 0 Å². The first kappa shape index (κ1) is 16.5. The van der Waals surface area contributed by atoms with Crippen LogP contribution in [0.3, 0.4) is 0 Å². The highest BCUT2D eigenvalue weighted by Crippen LogP contribution is 2.41. The molecule has 3 atom stereocenters. The Kier molecular flexibility index (Phi) is 5.45. The smallest absolute Gasteiger partial charge is 0.0952 e. The van der Waals surface area contributed by atoms with E-state index in [4.69, 9.17) is 4.74 Å². The maximum Gasteiger partial charge on any atom is 0.0952 e. The van der Waals surface area contributed by atoms with Crippen molar-refractivity contribution in [1.82, 2.24) is 5.32 Å². The highest BCUT2D eigenvalue weighted by Gasteiger charge is 2.33. The lowest BCUT2D eigenvalue weighted by Gasteiger charge is -2.40. The van der Waals surface area contributed by atoms with Gasteiger partial charge in [-0.2, -0.15) is 0 Å². The first-order valence-electron chi connectivity index (χ1n) is 8.26. The molecule has 2 heteroatoms. The Morgan fingerprint density at radius 2 is 2.10 bits per heavy atom. The summed E-state index contributed by atoms with van der Waals surface area (Å²) < 4.78 is 6.52. The highest BCUT2D eigenvalue weighted by molar-refractivity contribution is 5.24. The summed E-state index contributed by atoms with van der Waals surface area (Å²) in [5.41, 5.74) is 2.99. The van der Waals surface area contributed by atoms with Crippen LogP contribution < -0.4 is 5.32 Å². The lowest BCUT2D eigenvalue weighted by Crippen LogP contribution is -2.35. The van der Waals surface area contributed by atoms with Crippen molar-refractivity contribution in [3.8, 4) is 0 Å². The van der Waals surface area contributed by atoms with Crippen molar-refractivity contribution in [3.63, 3.8) is 0 Å². The minimum Gasteiger partial charge on any atom is -0.369 e. The van der Waals surface area contributed by atoms with Crippen LogP contribution in [0.1, 0.15) is 57.3 Å². The Hall–Kier alpha value is -0.860. The quantitative estimate of drug-likeness (QED) is 0.862. The minimum atomic E-state index is 0.154. The summed E-state index contributed by atoms with van der Waals surface area (Å²) in [6.07, 6.45) is 4.20. The molecule has 1 aromatic rings. The summed E-state index contributed by atoms with van der Waals surface area (Å²) in [7, 11) is 2.00.